The number of nitro groups is 2. The molecule has 0 atom stereocenters. The van der Waals surface area contributed by atoms with Gasteiger partial charge in [-0.3, -0.25) is 25.2 Å². The summed E-state index contributed by atoms with van der Waals surface area (Å²) in [5.74, 6) is 0.292. The Morgan fingerprint density at radius 1 is 0.852 bits per heavy atom. The van der Waals surface area contributed by atoms with Gasteiger partial charge < -0.3 is 4.74 Å². The van der Waals surface area contributed by atoms with Gasteiger partial charge in [0.1, 0.15) is 5.75 Å². The van der Waals surface area contributed by atoms with E-state index in [1.54, 1.807) is 30.5 Å². The normalized spacial score (nSPS) is 10.7. The second-order valence-electron chi connectivity index (χ2n) is 5.43. The topological polar surface area (TPSA) is 108 Å². The van der Waals surface area contributed by atoms with Crippen LogP contribution in [0.3, 0.4) is 0 Å². The zero-order valence-electron chi connectivity index (χ0n) is 13.9. The molecule has 3 rings (SSSR count). The van der Waals surface area contributed by atoms with Crippen LogP contribution >= 0.6 is 0 Å². The highest BCUT2D eigenvalue weighted by Gasteiger charge is 2.21. The van der Waals surface area contributed by atoms with E-state index in [1.165, 1.54) is 6.07 Å². The molecule has 0 aliphatic carbocycles. The summed E-state index contributed by atoms with van der Waals surface area (Å²) >= 11 is 0. The molecule has 0 spiro atoms. The number of aliphatic imine (C=N–C) groups is 1. The van der Waals surface area contributed by atoms with Gasteiger partial charge in [0.15, 0.2) is 0 Å². The fraction of sp³-hybridized carbons (Fsp3) is 0. The lowest BCUT2D eigenvalue weighted by Crippen LogP contribution is -1.96. The minimum Gasteiger partial charge on any atom is -0.450 e. The molecule has 134 valence electrons. The second kappa shape index (κ2) is 7.87. The molecule has 0 bridgehead atoms. The first-order chi connectivity index (χ1) is 13.0. The maximum absolute atomic E-state index is 11.1. The number of nitrogens with zero attached hydrogens (tertiary/aromatic N) is 3. The number of non-ortho nitro benzene ring substituents is 1. The van der Waals surface area contributed by atoms with Crippen LogP contribution in [0.4, 0.5) is 17.1 Å². The van der Waals surface area contributed by atoms with E-state index < -0.39 is 15.5 Å². The Balaban J connectivity index is 1.78. The van der Waals surface area contributed by atoms with E-state index in [1.807, 2.05) is 30.3 Å². The summed E-state index contributed by atoms with van der Waals surface area (Å²) in [6, 6.07) is 19.4. The number of ether oxygens (including phenoxy) is 1. The van der Waals surface area contributed by atoms with E-state index in [9.17, 15) is 20.2 Å². The van der Waals surface area contributed by atoms with Crippen LogP contribution < -0.4 is 4.74 Å². The summed E-state index contributed by atoms with van der Waals surface area (Å²) in [7, 11) is 0. The van der Waals surface area contributed by atoms with Crippen molar-refractivity contribution in [3.05, 3.63) is 98.6 Å². The lowest BCUT2D eigenvalue weighted by atomic mass is 10.2. The summed E-state index contributed by atoms with van der Waals surface area (Å²) in [4.78, 5) is 24.8. The molecule has 0 unspecified atom stereocenters. The van der Waals surface area contributed by atoms with Crippen molar-refractivity contribution in [2.75, 3.05) is 0 Å². The third kappa shape index (κ3) is 4.51. The third-order valence-electron chi connectivity index (χ3n) is 3.58. The third-order valence-corrected chi connectivity index (χ3v) is 3.58. The van der Waals surface area contributed by atoms with Crippen LogP contribution in [0.25, 0.3) is 0 Å². The van der Waals surface area contributed by atoms with E-state index in [2.05, 4.69) is 4.99 Å². The fourth-order valence-electron chi connectivity index (χ4n) is 2.26. The summed E-state index contributed by atoms with van der Waals surface area (Å²) < 4.78 is 5.51. The van der Waals surface area contributed by atoms with Crippen LogP contribution in [-0.2, 0) is 0 Å². The molecule has 3 aromatic carbocycles. The highest BCUT2D eigenvalue weighted by molar-refractivity contribution is 5.82. The molecular formula is C19H13N3O5. The molecule has 3 aromatic rings. The Kier molecular flexibility index (Phi) is 5.17. The van der Waals surface area contributed by atoms with Crippen molar-refractivity contribution in [1.82, 2.24) is 0 Å². The van der Waals surface area contributed by atoms with Gasteiger partial charge in [0.05, 0.1) is 21.6 Å². The summed E-state index contributed by atoms with van der Waals surface area (Å²) in [6.45, 7) is 0. The Bertz CT molecular complexity index is 1000. The Labute approximate surface area is 153 Å². The molecule has 27 heavy (non-hydrogen) atoms. The van der Waals surface area contributed by atoms with Gasteiger partial charge in [-0.1, -0.05) is 18.2 Å². The van der Waals surface area contributed by atoms with Gasteiger partial charge in [0.2, 0.25) is 5.75 Å². The highest BCUT2D eigenvalue weighted by atomic mass is 16.6. The Hall–Kier alpha value is -4.07. The fourth-order valence-corrected chi connectivity index (χ4v) is 2.26. The molecule has 0 heterocycles. The van der Waals surface area contributed by atoms with Crippen LogP contribution in [0.1, 0.15) is 5.56 Å². The van der Waals surface area contributed by atoms with Gasteiger partial charge in [-0.05, 0) is 48.0 Å². The minimum absolute atomic E-state index is 0.0729. The van der Waals surface area contributed by atoms with Gasteiger partial charge in [0.25, 0.3) is 5.69 Å². The SMILES string of the molecule is O=[N+]([O-])c1ccc(Oc2ccc(C=Nc3ccccc3)cc2)c([N+](=O)[O-])c1. The van der Waals surface area contributed by atoms with E-state index in [0.29, 0.717) is 5.75 Å². The first-order valence-electron chi connectivity index (χ1n) is 7.83. The standard InChI is InChI=1S/C19H13N3O5/c23-21(24)16-8-11-19(18(12-16)22(25)26)27-17-9-6-14(7-10-17)13-20-15-4-2-1-3-5-15/h1-13H. The van der Waals surface area contributed by atoms with Crippen molar-refractivity contribution in [1.29, 1.82) is 0 Å². The molecule has 8 nitrogen and oxygen atoms in total. The van der Waals surface area contributed by atoms with Crippen molar-refractivity contribution < 1.29 is 14.6 Å². The Morgan fingerprint density at radius 3 is 2.19 bits per heavy atom. The van der Waals surface area contributed by atoms with Crippen LogP contribution in [0.15, 0.2) is 77.8 Å². The molecule has 0 fully saturated rings. The number of para-hydroxylation sites is 1. The van der Waals surface area contributed by atoms with Gasteiger partial charge in [-0.2, -0.15) is 0 Å². The van der Waals surface area contributed by atoms with Crippen molar-refractivity contribution in [3.63, 3.8) is 0 Å². The van der Waals surface area contributed by atoms with Crippen LogP contribution in [-0.4, -0.2) is 16.1 Å². The molecule has 0 amide bonds. The number of hydrogen-bond acceptors (Lipinski definition) is 6. The predicted molar refractivity (Wildman–Crippen MR) is 100.0 cm³/mol. The average Bonchev–Trinajstić information content (AvgIpc) is 2.68. The van der Waals surface area contributed by atoms with Crippen LogP contribution in [0, 0.1) is 20.2 Å². The van der Waals surface area contributed by atoms with Crippen LogP contribution in [0.2, 0.25) is 0 Å². The largest absolute Gasteiger partial charge is 0.450 e. The molecule has 0 aliphatic rings. The molecule has 0 saturated carbocycles. The number of nitro benzene ring substituents is 2. The molecule has 0 N–H and O–H groups in total. The summed E-state index contributed by atoms with van der Waals surface area (Å²) in [5.41, 5.74) is 0.796. The lowest BCUT2D eigenvalue weighted by Gasteiger charge is -2.06. The van der Waals surface area contributed by atoms with E-state index in [0.717, 1.165) is 23.4 Å². The predicted octanol–water partition coefficient (Wildman–Crippen LogP) is 5.05. The molecule has 0 aliphatic heterocycles. The molecule has 8 heteroatoms. The maximum atomic E-state index is 11.1. The van der Waals surface area contributed by atoms with E-state index >= 15 is 0 Å². The smallest absolute Gasteiger partial charge is 0.318 e. The van der Waals surface area contributed by atoms with Gasteiger partial charge >= 0.3 is 5.69 Å². The summed E-state index contributed by atoms with van der Waals surface area (Å²) in [5, 5.41) is 21.9. The average molecular weight is 363 g/mol. The molecule has 0 saturated heterocycles. The van der Waals surface area contributed by atoms with Gasteiger partial charge in [-0.15, -0.1) is 0 Å². The van der Waals surface area contributed by atoms with Crippen molar-refractivity contribution >= 4 is 23.3 Å². The summed E-state index contributed by atoms with van der Waals surface area (Å²) in [6.07, 6.45) is 1.69. The quantitative estimate of drug-likeness (QED) is 0.346. The lowest BCUT2D eigenvalue weighted by molar-refractivity contribution is -0.394. The Morgan fingerprint density at radius 2 is 1.56 bits per heavy atom. The first-order valence-corrected chi connectivity index (χ1v) is 7.83. The number of rotatable bonds is 6. The monoisotopic (exact) mass is 363 g/mol. The molecule has 0 aromatic heterocycles. The number of hydrogen-bond donors (Lipinski definition) is 0. The van der Waals surface area contributed by atoms with Crippen molar-refractivity contribution in [3.8, 4) is 11.5 Å². The maximum Gasteiger partial charge on any atom is 0.318 e. The molecular weight excluding hydrogens is 350 g/mol. The van der Waals surface area contributed by atoms with Crippen molar-refractivity contribution in [2.24, 2.45) is 4.99 Å². The molecule has 0 radical (unpaired) electrons. The zero-order valence-corrected chi connectivity index (χ0v) is 13.9. The van der Waals surface area contributed by atoms with E-state index in [4.69, 9.17) is 4.74 Å². The van der Waals surface area contributed by atoms with E-state index in [-0.39, 0.29) is 11.4 Å². The van der Waals surface area contributed by atoms with Crippen molar-refractivity contribution in [2.45, 2.75) is 0 Å². The van der Waals surface area contributed by atoms with Gasteiger partial charge in [0, 0.05) is 12.3 Å². The minimum atomic E-state index is -0.719. The second-order valence-corrected chi connectivity index (χ2v) is 5.43. The first kappa shape index (κ1) is 17.7. The number of benzene rings is 3. The van der Waals surface area contributed by atoms with Gasteiger partial charge in [-0.25, -0.2) is 0 Å². The zero-order chi connectivity index (χ0) is 19.2. The van der Waals surface area contributed by atoms with Crippen LogP contribution in [0.5, 0.6) is 11.5 Å². The highest BCUT2D eigenvalue weighted by Crippen LogP contribution is 2.34.